The van der Waals surface area contributed by atoms with Crippen molar-refractivity contribution in [1.82, 2.24) is 9.97 Å². The van der Waals surface area contributed by atoms with Crippen LogP contribution in [-0.2, 0) is 14.2 Å². The highest BCUT2D eigenvalue weighted by molar-refractivity contribution is 7.54. The number of halogens is 2. The molecule has 0 radical (unpaired) electrons. The minimum Gasteiger partial charge on any atom is -0.324 e. The summed E-state index contributed by atoms with van der Waals surface area (Å²) in [5.41, 5.74) is 0. The predicted octanol–water partition coefficient (Wildman–Crippen LogP) is 3.63. The zero-order valence-electron chi connectivity index (χ0n) is 10.4. The van der Waals surface area contributed by atoms with Gasteiger partial charge in [0, 0.05) is 13.2 Å². The SMILES string of the molecule is CCC(CC)(c1nc(Cl)cc(Cl)n1)P(=O)(O)OC. The Bertz CT molecular complexity index is 460. The van der Waals surface area contributed by atoms with Gasteiger partial charge in [-0.05, 0) is 12.8 Å². The van der Waals surface area contributed by atoms with Gasteiger partial charge in [0.05, 0.1) is 0 Å². The Labute approximate surface area is 116 Å². The van der Waals surface area contributed by atoms with Crippen LogP contribution in [0.3, 0.4) is 0 Å². The maximum Gasteiger partial charge on any atom is 0.341 e. The number of hydrogen-bond donors (Lipinski definition) is 1. The average molecular weight is 313 g/mol. The molecule has 8 heteroatoms. The molecular formula is C10H15Cl2N2O3P. The lowest BCUT2D eigenvalue weighted by molar-refractivity contribution is 0.268. The minimum absolute atomic E-state index is 0.132. The molecule has 1 atom stereocenters. The van der Waals surface area contributed by atoms with Crippen molar-refractivity contribution in [2.45, 2.75) is 31.8 Å². The topological polar surface area (TPSA) is 72.3 Å². The van der Waals surface area contributed by atoms with Crippen LogP contribution >= 0.6 is 30.8 Å². The maximum atomic E-state index is 12.3. The maximum absolute atomic E-state index is 12.3. The summed E-state index contributed by atoms with van der Waals surface area (Å²) in [5.74, 6) is 0.137. The molecule has 0 fully saturated rings. The first kappa shape index (κ1) is 15.9. The molecule has 0 bridgehead atoms. The highest BCUT2D eigenvalue weighted by Gasteiger charge is 2.49. The molecule has 0 saturated heterocycles. The van der Waals surface area contributed by atoms with Crippen molar-refractivity contribution in [2.24, 2.45) is 0 Å². The number of rotatable bonds is 5. The smallest absolute Gasteiger partial charge is 0.324 e. The van der Waals surface area contributed by atoms with E-state index in [1.54, 1.807) is 13.8 Å². The van der Waals surface area contributed by atoms with Gasteiger partial charge in [-0.2, -0.15) is 0 Å². The molecule has 0 aliphatic rings. The van der Waals surface area contributed by atoms with Gasteiger partial charge in [-0.3, -0.25) is 4.57 Å². The summed E-state index contributed by atoms with van der Waals surface area (Å²) in [5, 5.41) is -0.934. The van der Waals surface area contributed by atoms with Gasteiger partial charge in [0.15, 0.2) is 0 Å². The number of hydrogen-bond acceptors (Lipinski definition) is 4. The third-order valence-electron chi connectivity index (χ3n) is 3.04. The zero-order chi connectivity index (χ0) is 14.0. The molecule has 0 aliphatic carbocycles. The van der Waals surface area contributed by atoms with Crippen molar-refractivity contribution in [3.8, 4) is 0 Å². The fraction of sp³-hybridized carbons (Fsp3) is 0.600. The number of nitrogens with zero attached hydrogens (tertiary/aromatic N) is 2. The molecule has 1 rings (SSSR count). The van der Waals surface area contributed by atoms with E-state index in [0.29, 0.717) is 12.8 Å². The molecule has 1 heterocycles. The van der Waals surface area contributed by atoms with E-state index in [1.165, 1.54) is 13.2 Å². The second kappa shape index (κ2) is 5.85. The lowest BCUT2D eigenvalue weighted by Gasteiger charge is -2.32. The highest BCUT2D eigenvalue weighted by Crippen LogP contribution is 2.63. The van der Waals surface area contributed by atoms with Crippen LogP contribution in [0, 0.1) is 0 Å². The van der Waals surface area contributed by atoms with Crippen LogP contribution in [0.25, 0.3) is 0 Å². The van der Waals surface area contributed by atoms with Crippen LogP contribution < -0.4 is 0 Å². The quantitative estimate of drug-likeness (QED) is 0.664. The molecule has 1 unspecified atom stereocenters. The fourth-order valence-electron chi connectivity index (χ4n) is 1.87. The van der Waals surface area contributed by atoms with Gasteiger partial charge in [0.2, 0.25) is 0 Å². The van der Waals surface area contributed by atoms with E-state index in [9.17, 15) is 9.46 Å². The Morgan fingerprint density at radius 1 is 1.33 bits per heavy atom. The van der Waals surface area contributed by atoms with E-state index in [0.717, 1.165) is 0 Å². The molecule has 0 spiro atoms. The summed E-state index contributed by atoms with van der Waals surface area (Å²) in [6, 6.07) is 1.37. The fourth-order valence-corrected chi connectivity index (χ4v) is 3.79. The average Bonchev–Trinajstić information content (AvgIpc) is 2.29. The van der Waals surface area contributed by atoms with Gasteiger partial charge in [0.25, 0.3) is 0 Å². The van der Waals surface area contributed by atoms with E-state index in [1.807, 2.05) is 0 Å². The van der Waals surface area contributed by atoms with E-state index in [2.05, 4.69) is 9.97 Å². The molecule has 0 aromatic carbocycles. The lowest BCUT2D eigenvalue weighted by Crippen LogP contribution is -2.28. The van der Waals surface area contributed by atoms with Crippen molar-refractivity contribution in [3.63, 3.8) is 0 Å². The molecule has 5 nitrogen and oxygen atoms in total. The third-order valence-corrected chi connectivity index (χ3v) is 5.83. The summed E-state index contributed by atoms with van der Waals surface area (Å²) in [7, 11) is -2.73. The molecule has 0 amide bonds. The Hall–Kier alpha value is -0.190. The summed E-state index contributed by atoms with van der Waals surface area (Å²) >= 11 is 11.6. The molecular weight excluding hydrogens is 298 g/mol. The lowest BCUT2D eigenvalue weighted by atomic mass is 10.0. The Kier molecular flexibility index (Phi) is 5.15. The Morgan fingerprint density at radius 3 is 2.11 bits per heavy atom. The zero-order valence-corrected chi connectivity index (χ0v) is 12.8. The molecule has 1 N–H and O–H groups in total. The van der Waals surface area contributed by atoms with Gasteiger partial charge in [0.1, 0.15) is 21.3 Å². The number of aromatic nitrogens is 2. The van der Waals surface area contributed by atoms with Crippen molar-refractivity contribution in [1.29, 1.82) is 0 Å². The molecule has 1 aromatic rings. The van der Waals surface area contributed by atoms with Gasteiger partial charge in [-0.15, -0.1) is 0 Å². The van der Waals surface area contributed by atoms with Gasteiger partial charge in [-0.1, -0.05) is 37.0 Å². The Morgan fingerprint density at radius 2 is 1.78 bits per heavy atom. The molecule has 1 aromatic heterocycles. The van der Waals surface area contributed by atoms with Crippen LogP contribution in [0.2, 0.25) is 10.3 Å². The Balaban J connectivity index is 3.49. The van der Waals surface area contributed by atoms with Crippen LogP contribution in [0.5, 0.6) is 0 Å². The van der Waals surface area contributed by atoms with E-state index >= 15 is 0 Å². The van der Waals surface area contributed by atoms with Crippen LogP contribution in [0.15, 0.2) is 6.07 Å². The molecule has 18 heavy (non-hydrogen) atoms. The van der Waals surface area contributed by atoms with Crippen molar-refractivity contribution in [3.05, 3.63) is 22.2 Å². The van der Waals surface area contributed by atoms with Crippen LogP contribution in [-0.4, -0.2) is 22.0 Å². The van der Waals surface area contributed by atoms with Crippen molar-refractivity contribution < 1.29 is 14.0 Å². The standard InChI is InChI=1S/C10H15Cl2N2O3P/c1-4-10(5-2,18(15,16)17-3)9-13-7(11)6-8(12)14-9/h6H,4-5H2,1-3H3,(H,15,16). The second-order valence-electron chi connectivity index (χ2n) is 3.78. The first-order chi connectivity index (χ1) is 8.32. The third kappa shape index (κ3) is 2.70. The summed E-state index contributed by atoms with van der Waals surface area (Å²) in [6.07, 6.45) is 0.670. The van der Waals surface area contributed by atoms with Gasteiger partial charge >= 0.3 is 7.60 Å². The molecule has 0 saturated carbocycles. The largest absolute Gasteiger partial charge is 0.341 e. The van der Waals surface area contributed by atoms with Crippen LogP contribution in [0.1, 0.15) is 32.5 Å². The van der Waals surface area contributed by atoms with Gasteiger partial charge in [-0.25, -0.2) is 9.97 Å². The monoisotopic (exact) mass is 312 g/mol. The summed E-state index contributed by atoms with van der Waals surface area (Å²) < 4.78 is 17.0. The van der Waals surface area contributed by atoms with Crippen molar-refractivity contribution in [2.75, 3.05) is 7.11 Å². The minimum atomic E-state index is -3.92. The first-order valence-electron chi connectivity index (χ1n) is 5.42. The molecule has 0 aliphatic heterocycles. The molecule has 102 valence electrons. The van der Waals surface area contributed by atoms with E-state index in [-0.39, 0.29) is 16.1 Å². The normalized spacial score (nSPS) is 15.4. The van der Waals surface area contributed by atoms with E-state index < -0.39 is 12.8 Å². The second-order valence-corrected chi connectivity index (χ2v) is 6.82. The predicted molar refractivity (Wildman–Crippen MR) is 71.1 cm³/mol. The highest BCUT2D eigenvalue weighted by atomic mass is 35.5. The van der Waals surface area contributed by atoms with Crippen LogP contribution in [0.4, 0.5) is 0 Å². The summed E-state index contributed by atoms with van der Waals surface area (Å²) in [4.78, 5) is 18.1. The van der Waals surface area contributed by atoms with Crippen molar-refractivity contribution >= 4 is 30.8 Å². The van der Waals surface area contributed by atoms with E-state index in [4.69, 9.17) is 27.7 Å². The first-order valence-corrected chi connectivity index (χ1v) is 7.75. The summed E-state index contributed by atoms with van der Waals surface area (Å²) in [6.45, 7) is 3.53. The van der Waals surface area contributed by atoms with Gasteiger partial charge < -0.3 is 9.42 Å².